The molecule has 0 N–H and O–H groups in total. The molecule has 0 amide bonds. The molecule has 0 fully saturated rings. The van der Waals surface area contributed by atoms with Crippen LogP contribution in [0, 0.1) is 5.41 Å². The first-order valence-electron chi connectivity index (χ1n) is 5.71. The van der Waals surface area contributed by atoms with Gasteiger partial charge in [-0.25, -0.2) is 4.79 Å². The Labute approximate surface area is 106 Å². The third-order valence-electron chi connectivity index (χ3n) is 2.94. The molecule has 5 heteroatoms. The molecule has 0 bridgehead atoms. The fourth-order valence-corrected chi connectivity index (χ4v) is 2.21. The second-order valence-electron chi connectivity index (χ2n) is 5.16. The molecule has 0 aliphatic heterocycles. The Balaban J connectivity index is 3.16. The van der Waals surface area contributed by atoms with Gasteiger partial charge >= 0.3 is 11.9 Å². The second-order valence-corrected chi connectivity index (χ2v) is 5.16. The van der Waals surface area contributed by atoms with Crippen molar-refractivity contribution < 1.29 is 23.9 Å². The minimum absolute atomic E-state index is 0.0159. The molecule has 1 aliphatic carbocycles. The Bertz CT molecular complexity index is 417. The van der Waals surface area contributed by atoms with Crippen LogP contribution >= 0.6 is 0 Å². The zero-order valence-corrected chi connectivity index (χ0v) is 11.2. The summed E-state index contributed by atoms with van der Waals surface area (Å²) in [4.78, 5) is 34.9. The predicted octanol–water partition coefficient (Wildman–Crippen LogP) is 1.41. The van der Waals surface area contributed by atoms with Crippen LogP contribution < -0.4 is 0 Å². The van der Waals surface area contributed by atoms with E-state index in [1.807, 2.05) is 13.8 Å². The Morgan fingerprint density at radius 1 is 1.17 bits per heavy atom. The molecular formula is C13H18O5. The van der Waals surface area contributed by atoms with E-state index in [0.717, 1.165) is 0 Å². The smallest absolute Gasteiger partial charge is 0.341 e. The van der Waals surface area contributed by atoms with Gasteiger partial charge in [-0.2, -0.15) is 0 Å². The van der Waals surface area contributed by atoms with Gasteiger partial charge in [0, 0.05) is 6.42 Å². The molecule has 0 aromatic heterocycles. The number of Topliss-reactive ketones (excluding diaryl/α,β-unsaturated/α-hetero) is 1. The predicted molar refractivity (Wildman–Crippen MR) is 63.7 cm³/mol. The van der Waals surface area contributed by atoms with Gasteiger partial charge in [0.1, 0.15) is 5.57 Å². The van der Waals surface area contributed by atoms with Crippen molar-refractivity contribution in [1.29, 1.82) is 0 Å². The van der Waals surface area contributed by atoms with Crippen molar-refractivity contribution in [2.45, 2.75) is 33.1 Å². The van der Waals surface area contributed by atoms with Crippen molar-refractivity contribution in [3.8, 4) is 0 Å². The number of carbonyl (C=O) groups excluding carboxylic acids is 3. The maximum atomic E-state index is 12.0. The Hall–Kier alpha value is -1.65. The number of esters is 2. The van der Waals surface area contributed by atoms with Crippen LogP contribution in [0.3, 0.4) is 0 Å². The fourth-order valence-electron chi connectivity index (χ4n) is 2.21. The lowest BCUT2D eigenvalue weighted by molar-refractivity contribution is -0.139. The lowest BCUT2D eigenvalue weighted by Gasteiger charge is -2.31. The van der Waals surface area contributed by atoms with Gasteiger partial charge in [0.15, 0.2) is 5.78 Å². The van der Waals surface area contributed by atoms with Crippen LogP contribution in [-0.4, -0.2) is 31.9 Å². The average Bonchev–Trinajstić information content (AvgIpc) is 2.26. The van der Waals surface area contributed by atoms with Gasteiger partial charge in [-0.1, -0.05) is 13.8 Å². The van der Waals surface area contributed by atoms with E-state index in [9.17, 15) is 14.4 Å². The summed E-state index contributed by atoms with van der Waals surface area (Å²) in [6, 6.07) is 0. The van der Waals surface area contributed by atoms with Crippen LogP contribution in [0.25, 0.3) is 0 Å². The number of methoxy groups -OCH3 is 2. The molecule has 0 radical (unpaired) electrons. The first kappa shape index (κ1) is 14.4. The van der Waals surface area contributed by atoms with Gasteiger partial charge in [-0.3, -0.25) is 9.59 Å². The first-order valence-corrected chi connectivity index (χ1v) is 5.71. The molecule has 1 rings (SSSR count). The van der Waals surface area contributed by atoms with E-state index in [0.29, 0.717) is 12.0 Å². The van der Waals surface area contributed by atoms with E-state index in [-0.39, 0.29) is 29.6 Å². The Kier molecular flexibility index (Phi) is 4.27. The largest absolute Gasteiger partial charge is 0.469 e. The summed E-state index contributed by atoms with van der Waals surface area (Å²) < 4.78 is 9.19. The van der Waals surface area contributed by atoms with E-state index in [4.69, 9.17) is 0 Å². The van der Waals surface area contributed by atoms with Crippen molar-refractivity contribution in [1.82, 2.24) is 0 Å². The lowest BCUT2D eigenvalue weighted by atomic mass is 9.73. The molecule has 0 aromatic rings. The van der Waals surface area contributed by atoms with Crippen molar-refractivity contribution >= 4 is 17.7 Å². The van der Waals surface area contributed by atoms with Gasteiger partial charge in [0.25, 0.3) is 0 Å². The summed E-state index contributed by atoms with van der Waals surface area (Å²) in [5.74, 6) is -1.40. The van der Waals surface area contributed by atoms with Crippen molar-refractivity contribution in [2.75, 3.05) is 14.2 Å². The summed E-state index contributed by atoms with van der Waals surface area (Å²) in [7, 11) is 2.49. The van der Waals surface area contributed by atoms with Gasteiger partial charge in [-0.05, 0) is 17.4 Å². The van der Waals surface area contributed by atoms with Gasteiger partial charge in [0.05, 0.1) is 20.6 Å². The summed E-state index contributed by atoms with van der Waals surface area (Å²) in [5.41, 5.74) is 0.273. The average molecular weight is 254 g/mol. The fraction of sp³-hybridized carbons (Fsp3) is 0.615. The van der Waals surface area contributed by atoms with E-state index in [2.05, 4.69) is 9.47 Å². The number of rotatable bonds is 3. The van der Waals surface area contributed by atoms with Gasteiger partial charge in [-0.15, -0.1) is 0 Å². The standard InChI is InChI=1S/C13H18O5/c1-13(2)6-8(5-10(15)17-3)11(9(14)7-13)12(16)18-4/h5-7H2,1-4H3. The third kappa shape index (κ3) is 3.18. The van der Waals surface area contributed by atoms with Crippen LogP contribution in [-0.2, 0) is 23.9 Å². The molecule has 0 unspecified atom stereocenters. The number of carbonyl (C=O) groups is 3. The number of hydrogen-bond donors (Lipinski definition) is 0. The monoisotopic (exact) mass is 254 g/mol. The molecule has 0 aromatic carbocycles. The highest BCUT2D eigenvalue weighted by Gasteiger charge is 2.36. The maximum Gasteiger partial charge on any atom is 0.341 e. The minimum Gasteiger partial charge on any atom is -0.469 e. The van der Waals surface area contributed by atoms with Crippen LogP contribution in [0.1, 0.15) is 33.1 Å². The van der Waals surface area contributed by atoms with Crippen molar-refractivity contribution in [3.05, 3.63) is 11.1 Å². The van der Waals surface area contributed by atoms with Crippen LogP contribution in [0.5, 0.6) is 0 Å². The molecule has 5 nitrogen and oxygen atoms in total. The van der Waals surface area contributed by atoms with E-state index >= 15 is 0 Å². The highest BCUT2D eigenvalue weighted by Crippen LogP contribution is 2.38. The number of ketones is 1. The van der Waals surface area contributed by atoms with Gasteiger partial charge in [0.2, 0.25) is 0 Å². The summed E-state index contributed by atoms with van der Waals surface area (Å²) in [6.07, 6.45) is 0.747. The quantitative estimate of drug-likeness (QED) is 0.562. The maximum absolute atomic E-state index is 12.0. The Morgan fingerprint density at radius 3 is 2.28 bits per heavy atom. The topological polar surface area (TPSA) is 69.7 Å². The highest BCUT2D eigenvalue weighted by molar-refractivity contribution is 6.19. The Morgan fingerprint density at radius 2 is 1.78 bits per heavy atom. The summed E-state index contributed by atoms with van der Waals surface area (Å²) >= 11 is 0. The zero-order chi connectivity index (χ0) is 13.9. The molecular weight excluding hydrogens is 236 g/mol. The number of ether oxygens (including phenoxy) is 2. The molecule has 18 heavy (non-hydrogen) atoms. The molecule has 0 atom stereocenters. The number of hydrogen-bond acceptors (Lipinski definition) is 5. The molecule has 0 saturated carbocycles. The molecule has 100 valence electrons. The SMILES string of the molecule is COC(=O)CC1=C(C(=O)OC)C(=O)CC(C)(C)C1. The molecule has 0 spiro atoms. The summed E-state index contributed by atoms with van der Waals surface area (Å²) in [6.45, 7) is 3.85. The van der Waals surface area contributed by atoms with Crippen molar-refractivity contribution in [3.63, 3.8) is 0 Å². The normalized spacial score (nSPS) is 18.6. The highest BCUT2D eigenvalue weighted by atomic mass is 16.5. The third-order valence-corrected chi connectivity index (χ3v) is 2.94. The van der Waals surface area contributed by atoms with Gasteiger partial charge < -0.3 is 9.47 Å². The van der Waals surface area contributed by atoms with Crippen LogP contribution in [0.2, 0.25) is 0 Å². The van der Waals surface area contributed by atoms with Crippen LogP contribution in [0.4, 0.5) is 0 Å². The van der Waals surface area contributed by atoms with Crippen molar-refractivity contribution in [2.24, 2.45) is 5.41 Å². The molecule has 1 aliphatic rings. The second kappa shape index (κ2) is 5.33. The molecule has 0 saturated heterocycles. The van der Waals surface area contributed by atoms with E-state index in [1.54, 1.807) is 0 Å². The summed E-state index contributed by atoms with van der Waals surface area (Å²) in [5, 5.41) is 0. The van der Waals surface area contributed by atoms with Crippen LogP contribution in [0.15, 0.2) is 11.1 Å². The minimum atomic E-state index is -0.672. The molecule has 0 heterocycles. The first-order chi connectivity index (χ1) is 8.30. The van der Waals surface area contributed by atoms with E-state index in [1.165, 1.54) is 14.2 Å². The lowest BCUT2D eigenvalue weighted by Crippen LogP contribution is -2.30. The van der Waals surface area contributed by atoms with E-state index < -0.39 is 11.9 Å². The zero-order valence-electron chi connectivity index (χ0n) is 11.2.